The molecule has 0 saturated heterocycles. The molecule has 2 aromatic rings. The van der Waals surface area contributed by atoms with Gasteiger partial charge in [0.2, 0.25) is 0 Å². The highest BCUT2D eigenvalue weighted by atomic mass is 16.6. The third-order valence-corrected chi connectivity index (χ3v) is 2.88. The summed E-state index contributed by atoms with van der Waals surface area (Å²) in [4.78, 5) is 22.0. The lowest BCUT2D eigenvalue weighted by molar-refractivity contribution is -0.384. The first kappa shape index (κ1) is 16.3. The van der Waals surface area contributed by atoms with Crippen LogP contribution in [0, 0.1) is 10.1 Å². The smallest absolute Gasteiger partial charge is 0.269 e. The van der Waals surface area contributed by atoms with E-state index in [1.165, 1.54) is 24.3 Å². The SMILES string of the molecule is CCOc1ccccc1NC(=O)COc1ccc([N+](=O)[O-])cc1. The maximum absolute atomic E-state index is 11.9. The zero-order valence-electron chi connectivity index (χ0n) is 12.5. The van der Waals surface area contributed by atoms with E-state index in [0.717, 1.165) is 0 Å². The Morgan fingerprint density at radius 1 is 1.13 bits per heavy atom. The van der Waals surface area contributed by atoms with Gasteiger partial charge in [0.05, 0.1) is 17.2 Å². The highest BCUT2D eigenvalue weighted by molar-refractivity contribution is 5.93. The Morgan fingerprint density at radius 3 is 2.48 bits per heavy atom. The van der Waals surface area contributed by atoms with Crippen molar-refractivity contribution in [2.45, 2.75) is 6.92 Å². The van der Waals surface area contributed by atoms with Crippen molar-refractivity contribution in [3.8, 4) is 11.5 Å². The molecule has 120 valence electrons. The molecule has 2 aromatic carbocycles. The minimum absolute atomic E-state index is 0.0348. The van der Waals surface area contributed by atoms with Gasteiger partial charge in [0.15, 0.2) is 6.61 Å². The Bertz CT molecular complexity index is 685. The van der Waals surface area contributed by atoms with Crippen LogP contribution in [0.5, 0.6) is 11.5 Å². The fourth-order valence-corrected chi connectivity index (χ4v) is 1.85. The third kappa shape index (κ3) is 4.70. The molecule has 0 aliphatic heterocycles. The second kappa shape index (κ2) is 7.79. The summed E-state index contributed by atoms with van der Waals surface area (Å²) in [6.07, 6.45) is 0. The molecular formula is C16H16N2O5. The summed E-state index contributed by atoms with van der Waals surface area (Å²) < 4.78 is 10.7. The predicted octanol–water partition coefficient (Wildman–Crippen LogP) is 3.01. The first-order valence-electron chi connectivity index (χ1n) is 6.99. The number of para-hydroxylation sites is 2. The zero-order chi connectivity index (χ0) is 16.7. The predicted molar refractivity (Wildman–Crippen MR) is 84.8 cm³/mol. The molecule has 23 heavy (non-hydrogen) atoms. The van der Waals surface area contributed by atoms with E-state index < -0.39 is 4.92 Å². The number of rotatable bonds is 7. The molecule has 0 unspecified atom stereocenters. The van der Waals surface area contributed by atoms with Gasteiger partial charge in [-0.25, -0.2) is 0 Å². The third-order valence-electron chi connectivity index (χ3n) is 2.88. The number of hydrogen-bond acceptors (Lipinski definition) is 5. The Hall–Kier alpha value is -3.09. The number of benzene rings is 2. The van der Waals surface area contributed by atoms with Crippen LogP contribution in [0.15, 0.2) is 48.5 Å². The molecule has 1 N–H and O–H groups in total. The fraction of sp³-hybridized carbons (Fsp3) is 0.188. The summed E-state index contributed by atoms with van der Waals surface area (Å²) in [5.74, 6) is 0.609. The van der Waals surface area contributed by atoms with Gasteiger partial charge in [0.25, 0.3) is 11.6 Å². The van der Waals surface area contributed by atoms with Gasteiger partial charge in [0.1, 0.15) is 11.5 Å². The van der Waals surface area contributed by atoms with E-state index >= 15 is 0 Å². The lowest BCUT2D eigenvalue weighted by Crippen LogP contribution is -2.20. The summed E-state index contributed by atoms with van der Waals surface area (Å²) in [5, 5.41) is 13.3. The largest absolute Gasteiger partial charge is 0.492 e. The van der Waals surface area contributed by atoms with Crippen LogP contribution in [0.25, 0.3) is 0 Å². The van der Waals surface area contributed by atoms with Crippen LogP contribution in [0.3, 0.4) is 0 Å². The average molecular weight is 316 g/mol. The summed E-state index contributed by atoms with van der Waals surface area (Å²) in [6, 6.07) is 12.6. The number of nitrogens with zero attached hydrogens (tertiary/aromatic N) is 1. The molecule has 0 radical (unpaired) electrons. The average Bonchev–Trinajstić information content (AvgIpc) is 2.55. The molecule has 0 saturated carbocycles. The van der Waals surface area contributed by atoms with Crippen LogP contribution in [0.2, 0.25) is 0 Å². The lowest BCUT2D eigenvalue weighted by atomic mass is 10.3. The van der Waals surface area contributed by atoms with Gasteiger partial charge in [-0.3, -0.25) is 14.9 Å². The Balaban J connectivity index is 1.91. The standard InChI is InChI=1S/C16H16N2O5/c1-2-22-15-6-4-3-5-14(15)17-16(19)11-23-13-9-7-12(8-10-13)18(20)21/h3-10H,2,11H2,1H3,(H,17,19). The van der Waals surface area contributed by atoms with E-state index in [9.17, 15) is 14.9 Å². The molecule has 7 nitrogen and oxygen atoms in total. The first-order valence-corrected chi connectivity index (χ1v) is 6.99. The Labute approximate surface area is 133 Å². The Kier molecular flexibility index (Phi) is 5.51. The number of ether oxygens (including phenoxy) is 2. The first-order chi connectivity index (χ1) is 11.1. The number of non-ortho nitro benzene ring substituents is 1. The highest BCUT2D eigenvalue weighted by Crippen LogP contribution is 2.23. The van der Waals surface area contributed by atoms with Gasteiger partial charge in [-0.2, -0.15) is 0 Å². The van der Waals surface area contributed by atoms with Crippen molar-refractivity contribution in [2.24, 2.45) is 0 Å². The normalized spacial score (nSPS) is 9.96. The molecular weight excluding hydrogens is 300 g/mol. The molecule has 0 aromatic heterocycles. The van der Waals surface area contributed by atoms with Gasteiger partial charge < -0.3 is 14.8 Å². The van der Waals surface area contributed by atoms with Gasteiger partial charge >= 0.3 is 0 Å². The van der Waals surface area contributed by atoms with Crippen LogP contribution in [0.1, 0.15) is 6.92 Å². The maximum Gasteiger partial charge on any atom is 0.269 e. The van der Waals surface area contributed by atoms with E-state index in [-0.39, 0.29) is 18.2 Å². The fourth-order valence-electron chi connectivity index (χ4n) is 1.85. The topological polar surface area (TPSA) is 90.7 Å². The van der Waals surface area contributed by atoms with Crippen molar-refractivity contribution in [1.82, 2.24) is 0 Å². The van der Waals surface area contributed by atoms with E-state index in [1.54, 1.807) is 18.2 Å². The minimum atomic E-state index is -0.499. The zero-order valence-corrected chi connectivity index (χ0v) is 12.5. The van der Waals surface area contributed by atoms with Gasteiger partial charge in [-0.1, -0.05) is 12.1 Å². The monoisotopic (exact) mass is 316 g/mol. The number of amides is 1. The molecule has 0 bridgehead atoms. The second-order valence-corrected chi connectivity index (χ2v) is 4.52. The van der Waals surface area contributed by atoms with Gasteiger partial charge in [-0.05, 0) is 31.2 Å². The number of nitro groups is 1. The summed E-state index contributed by atoms with van der Waals surface area (Å²) in [6.45, 7) is 2.14. The molecule has 2 rings (SSSR count). The van der Waals surface area contributed by atoms with Crippen molar-refractivity contribution >= 4 is 17.3 Å². The number of hydrogen-bond donors (Lipinski definition) is 1. The van der Waals surface area contributed by atoms with E-state index in [4.69, 9.17) is 9.47 Å². The van der Waals surface area contributed by atoms with Crippen LogP contribution in [0.4, 0.5) is 11.4 Å². The molecule has 0 aliphatic carbocycles. The van der Waals surface area contributed by atoms with E-state index in [1.807, 2.05) is 13.0 Å². The Morgan fingerprint density at radius 2 is 1.83 bits per heavy atom. The van der Waals surface area contributed by atoms with Crippen molar-refractivity contribution in [3.05, 3.63) is 58.6 Å². The quantitative estimate of drug-likeness (QED) is 0.626. The lowest BCUT2D eigenvalue weighted by Gasteiger charge is -2.11. The number of carbonyl (C=O) groups is 1. The van der Waals surface area contributed by atoms with Crippen LogP contribution < -0.4 is 14.8 Å². The molecule has 0 aliphatic rings. The van der Waals surface area contributed by atoms with Crippen LogP contribution >= 0.6 is 0 Å². The molecule has 0 atom stereocenters. The molecule has 0 spiro atoms. The molecule has 7 heteroatoms. The van der Waals surface area contributed by atoms with Crippen molar-refractivity contribution in [3.63, 3.8) is 0 Å². The van der Waals surface area contributed by atoms with E-state index in [2.05, 4.69) is 5.32 Å². The minimum Gasteiger partial charge on any atom is -0.492 e. The summed E-state index contributed by atoms with van der Waals surface area (Å²) in [7, 11) is 0. The number of anilines is 1. The summed E-state index contributed by atoms with van der Waals surface area (Å²) >= 11 is 0. The molecule has 0 heterocycles. The van der Waals surface area contributed by atoms with Crippen LogP contribution in [-0.4, -0.2) is 24.0 Å². The molecule has 1 amide bonds. The highest BCUT2D eigenvalue weighted by Gasteiger charge is 2.09. The van der Waals surface area contributed by atoms with Crippen molar-refractivity contribution in [2.75, 3.05) is 18.5 Å². The van der Waals surface area contributed by atoms with Gasteiger partial charge in [-0.15, -0.1) is 0 Å². The van der Waals surface area contributed by atoms with E-state index in [0.29, 0.717) is 23.8 Å². The number of carbonyl (C=O) groups excluding carboxylic acids is 1. The van der Waals surface area contributed by atoms with Crippen molar-refractivity contribution in [1.29, 1.82) is 0 Å². The number of nitrogens with one attached hydrogen (secondary N) is 1. The van der Waals surface area contributed by atoms with Crippen LogP contribution in [-0.2, 0) is 4.79 Å². The van der Waals surface area contributed by atoms with Gasteiger partial charge in [0, 0.05) is 12.1 Å². The summed E-state index contributed by atoms with van der Waals surface area (Å²) in [5.41, 5.74) is 0.527. The second-order valence-electron chi connectivity index (χ2n) is 4.52. The van der Waals surface area contributed by atoms with Crippen molar-refractivity contribution < 1.29 is 19.2 Å². The molecule has 0 fully saturated rings. The maximum atomic E-state index is 11.9. The number of nitro benzene ring substituents is 1.